The van der Waals surface area contributed by atoms with Crippen LogP contribution in [0.3, 0.4) is 0 Å². The number of nitrogens with zero attached hydrogens (tertiary/aromatic N) is 4. The second-order valence-corrected chi connectivity index (χ2v) is 5.82. The first-order valence-corrected chi connectivity index (χ1v) is 8.05. The number of rotatable bonds is 5. The summed E-state index contributed by atoms with van der Waals surface area (Å²) in [6.07, 6.45) is 4.95. The van der Waals surface area contributed by atoms with Gasteiger partial charge in [-0.2, -0.15) is 5.10 Å². The summed E-state index contributed by atoms with van der Waals surface area (Å²) in [4.78, 5) is 16.8. The standard InChI is InChI=1S/C16H23N5O/c1-2-20-15(11-13-6-9-17-10-7-13)19-21(16(20)22)12-14-5-3-4-8-18-14/h3-5,8,13,17H,2,6-7,9-12H2,1H3. The minimum atomic E-state index is -0.0305. The van der Waals surface area contributed by atoms with Crippen molar-refractivity contribution in [2.45, 2.75) is 39.3 Å². The van der Waals surface area contributed by atoms with Crippen molar-refractivity contribution in [3.63, 3.8) is 0 Å². The van der Waals surface area contributed by atoms with Crippen LogP contribution >= 0.6 is 0 Å². The number of piperidine rings is 1. The molecule has 3 heterocycles. The van der Waals surface area contributed by atoms with Crippen LogP contribution in [0.2, 0.25) is 0 Å². The van der Waals surface area contributed by atoms with Gasteiger partial charge in [-0.15, -0.1) is 0 Å². The molecule has 0 spiro atoms. The maximum atomic E-state index is 12.5. The largest absolute Gasteiger partial charge is 0.346 e. The van der Waals surface area contributed by atoms with Crippen molar-refractivity contribution in [2.24, 2.45) is 5.92 Å². The van der Waals surface area contributed by atoms with Gasteiger partial charge in [0.1, 0.15) is 5.82 Å². The van der Waals surface area contributed by atoms with Crippen LogP contribution < -0.4 is 11.0 Å². The molecule has 6 heteroatoms. The lowest BCUT2D eigenvalue weighted by Crippen LogP contribution is -2.30. The molecule has 1 aliphatic heterocycles. The summed E-state index contributed by atoms with van der Waals surface area (Å²) in [7, 11) is 0. The van der Waals surface area contributed by atoms with Gasteiger partial charge in [0.25, 0.3) is 0 Å². The normalized spacial score (nSPS) is 16.0. The van der Waals surface area contributed by atoms with E-state index in [0.717, 1.165) is 43.9 Å². The molecule has 0 amide bonds. The summed E-state index contributed by atoms with van der Waals surface area (Å²) in [5, 5.41) is 7.95. The summed E-state index contributed by atoms with van der Waals surface area (Å²) < 4.78 is 3.34. The summed E-state index contributed by atoms with van der Waals surface area (Å²) >= 11 is 0. The topological polar surface area (TPSA) is 64.7 Å². The van der Waals surface area contributed by atoms with Gasteiger partial charge in [-0.25, -0.2) is 9.48 Å². The van der Waals surface area contributed by atoms with Crippen molar-refractivity contribution in [2.75, 3.05) is 13.1 Å². The van der Waals surface area contributed by atoms with Crippen molar-refractivity contribution in [3.05, 3.63) is 46.4 Å². The molecule has 1 saturated heterocycles. The average molecular weight is 301 g/mol. The Bertz CT molecular complexity index is 655. The van der Waals surface area contributed by atoms with Gasteiger partial charge in [-0.3, -0.25) is 9.55 Å². The quantitative estimate of drug-likeness (QED) is 0.896. The minimum Gasteiger partial charge on any atom is -0.317 e. The molecule has 1 fully saturated rings. The molecule has 0 unspecified atom stereocenters. The monoisotopic (exact) mass is 301 g/mol. The molecule has 0 atom stereocenters. The van der Waals surface area contributed by atoms with Gasteiger partial charge >= 0.3 is 5.69 Å². The SMILES string of the molecule is CCn1c(CC2CCNCC2)nn(Cc2ccccn2)c1=O. The molecule has 0 saturated carbocycles. The Labute approximate surface area is 130 Å². The van der Waals surface area contributed by atoms with E-state index in [4.69, 9.17) is 0 Å². The van der Waals surface area contributed by atoms with E-state index >= 15 is 0 Å². The summed E-state index contributed by atoms with van der Waals surface area (Å²) in [6, 6.07) is 5.73. The van der Waals surface area contributed by atoms with E-state index in [1.165, 1.54) is 0 Å². The molecule has 0 radical (unpaired) electrons. The van der Waals surface area contributed by atoms with E-state index in [1.807, 2.05) is 25.1 Å². The fourth-order valence-corrected chi connectivity index (χ4v) is 3.05. The Kier molecular flexibility index (Phi) is 4.68. The van der Waals surface area contributed by atoms with Gasteiger partial charge in [0.05, 0.1) is 12.2 Å². The molecule has 0 aliphatic carbocycles. The number of nitrogens with one attached hydrogen (secondary N) is 1. The van der Waals surface area contributed by atoms with E-state index in [0.29, 0.717) is 19.0 Å². The first-order chi connectivity index (χ1) is 10.8. The van der Waals surface area contributed by atoms with Crippen molar-refractivity contribution in [1.82, 2.24) is 24.6 Å². The molecule has 3 rings (SSSR count). The predicted molar refractivity (Wildman–Crippen MR) is 84.8 cm³/mol. The highest BCUT2D eigenvalue weighted by Crippen LogP contribution is 2.16. The van der Waals surface area contributed by atoms with Crippen molar-refractivity contribution >= 4 is 0 Å². The fourth-order valence-electron chi connectivity index (χ4n) is 3.05. The Morgan fingerprint density at radius 1 is 1.32 bits per heavy atom. The van der Waals surface area contributed by atoms with Gasteiger partial charge in [-0.05, 0) is 50.9 Å². The van der Waals surface area contributed by atoms with Gasteiger partial charge in [0.15, 0.2) is 0 Å². The number of hydrogen-bond acceptors (Lipinski definition) is 4. The summed E-state index contributed by atoms with van der Waals surface area (Å²) in [5.41, 5.74) is 0.829. The zero-order valence-corrected chi connectivity index (χ0v) is 13.0. The van der Waals surface area contributed by atoms with E-state index < -0.39 is 0 Å². The van der Waals surface area contributed by atoms with Crippen LogP contribution in [0.5, 0.6) is 0 Å². The molecule has 118 valence electrons. The van der Waals surface area contributed by atoms with E-state index in [9.17, 15) is 4.79 Å². The molecular weight excluding hydrogens is 278 g/mol. The maximum Gasteiger partial charge on any atom is 0.346 e. The highest BCUT2D eigenvalue weighted by molar-refractivity contribution is 5.04. The fraction of sp³-hybridized carbons (Fsp3) is 0.562. The molecule has 0 bridgehead atoms. The van der Waals surface area contributed by atoms with Gasteiger partial charge in [0.2, 0.25) is 0 Å². The third kappa shape index (κ3) is 3.27. The number of pyridine rings is 1. The first-order valence-electron chi connectivity index (χ1n) is 8.05. The second kappa shape index (κ2) is 6.87. The lowest BCUT2D eigenvalue weighted by molar-refractivity contribution is 0.362. The zero-order valence-electron chi connectivity index (χ0n) is 13.0. The summed E-state index contributed by atoms with van der Waals surface area (Å²) in [6.45, 7) is 5.23. The maximum absolute atomic E-state index is 12.5. The highest BCUT2D eigenvalue weighted by atomic mass is 16.2. The van der Waals surface area contributed by atoms with Crippen LogP contribution in [0.4, 0.5) is 0 Å². The van der Waals surface area contributed by atoms with Crippen LogP contribution in [0.1, 0.15) is 31.3 Å². The Balaban J connectivity index is 1.81. The van der Waals surface area contributed by atoms with E-state index in [-0.39, 0.29) is 5.69 Å². The zero-order chi connectivity index (χ0) is 15.4. The lowest BCUT2D eigenvalue weighted by atomic mass is 9.94. The van der Waals surface area contributed by atoms with Crippen LogP contribution in [0.15, 0.2) is 29.2 Å². The van der Waals surface area contributed by atoms with Crippen LogP contribution in [0, 0.1) is 5.92 Å². The van der Waals surface area contributed by atoms with Crippen LogP contribution in [-0.4, -0.2) is 32.4 Å². The second-order valence-electron chi connectivity index (χ2n) is 5.82. The van der Waals surface area contributed by atoms with Crippen LogP contribution in [-0.2, 0) is 19.5 Å². The Morgan fingerprint density at radius 2 is 2.14 bits per heavy atom. The van der Waals surface area contributed by atoms with Gasteiger partial charge in [0, 0.05) is 19.2 Å². The molecule has 22 heavy (non-hydrogen) atoms. The number of hydrogen-bond donors (Lipinski definition) is 1. The first kappa shape index (κ1) is 15.0. The third-order valence-electron chi connectivity index (χ3n) is 4.28. The van der Waals surface area contributed by atoms with E-state index in [2.05, 4.69) is 15.4 Å². The van der Waals surface area contributed by atoms with Gasteiger partial charge < -0.3 is 5.32 Å². The van der Waals surface area contributed by atoms with Gasteiger partial charge in [-0.1, -0.05) is 6.07 Å². The predicted octanol–water partition coefficient (Wildman–Crippen LogP) is 1.05. The average Bonchev–Trinajstić information content (AvgIpc) is 2.84. The summed E-state index contributed by atoms with van der Waals surface area (Å²) in [5.74, 6) is 1.53. The Morgan fingerprint density at radius 3 is 2.82 bits per heavy atom. The van der Waals surface area contributed by atoms with Crippen molar-refractivity contribution < 1.29 is 0 Å². The number of aromatic nitrogens is 4. The Hall–Kier alpha value is -1.95. The lowest BCUT2D eigenvalue weighted by Gasteiger charge is -2.21. The molecule has 0 aromatic carbocycles. The molecule has 2 aromatic heterocycles. The smallest absolute Gasteiger partial charge is 0.317 e. The minimum absolute atomic E-state index is 0.0305. The highest BCUT2D eigenvalue weighted by Gasteiger charge is 2.19. The molecule has 1 aliphatic rings. The van der Waals surface area contributed by atoms with Crippen molar-refractivity contribution in [3.8, 4) is 0 Å². The van der Waals surface area contributed by atoms with E-state index in [1.54, 1.807) is 15.4 Å². The molecule has 6 nitrogen and oxygen atoms in total. The third-order valence-corrected chi connectivity index (χ3v) is 4.28. The van der Waals surface area contributed by atoms with Crippen LogP contribution in [0.25, 0.3) is 0 Å². The van der Waals surface area contributed by atoms with Crippen molar-refractivity contribution in [1.29, 1.82) is 0 Å². The molecule has 2 aromatic rings. The molecular formula is C16H23N5O. The molecule has 1 N–H and O–H groups in total.